The van der Waals surface area contributed by atoms with E-state index in [1.54, 1.807) is 6.92 Å². The normalized spacial score (nSPS) is 13.5. The molecular formula is C11H17ClO3. The fourth-order valence-corrected chi connectivity index (χ4v) is 1.32. The van der Waals surface area contributed by atoms with E-state index in [0.29, 0.717) is 12.8 Å². The summed E-state index contributed by atoms with van der Waals surface area (Å²) in [5, 5.41) is 0. The van der Waals surface area contributed by atoms with E-state index in [9.17, 15) is 9.59 Å². The molecular weight excluding hydrogens is 216 g/mol. The minimum Gasteiger partial charge on any atom is -0.459 e. The Balaban J connectivity index is 3.96. The van der Waals surface area contributed by atoms with Gasteiger partial charge in [0.1, 0.15) is 11.9 Å². The molecule has 0 aliphatic carbocycles. The summed E-state index contributed by atoms with van der Waals surface area (Å²) < 4.78 is 4.93. The smallest absolute Gasteiger partial charge is 0.303 e. The first-order chi connectivity index (χ1) is 6.95. The molecule has 0 spiro atoms. The average Bonchev–Trinajstić information content (AvgIpc) is 2.12. The highest BCUT2D eigenvalue weighted by Gasteiger charge is 2.04. The summed E-state index contributed by atoms with van der Waals surface area (Å²) in [6.45, 7) is 5.06. The Labute approximate surface area is 95.4 Å². The number of carbonyl (C=O) groups is 2. The largest absolute Gasteiger partial charge is 0.459 e. The van der Waals surface area contributed by atoms with E-state index in [0.717, 1.165) is 5.57 Å². The van der Waals surface area contributed by atoms with Crippen LogP contribution in [-0.2, 0) is 14.3 Å². The minimum absolute atomic E-state index is 0.0320. The Morgan fingerprint density at radius 1 is 1.33 bits per heavy atom. The molecule has 0 bridgehead atoms. The molecule has 0 aromatic heterocycles. The second kappa shape index (κ2) is 7.46. The van der Waals surface area contributed by atoms with Gasteiger partial charge in [0.25, 0.3) is 0 Å². The van der Waals surface area contributed by atoms with E-state index in [-0.39, 0.29) is 23.7 Å². The summed E-state index contributed by atoms with van der Waals surface area (Å²) in [4.78, 5) is 21.6. The molecule has 0 rings (SSSR count). The van der Waals surface area contributed by atoms with Gasteiger partial charge in [0.2, 0.25) is 0 Å². The molecule has 0 radical (unpaired) electrons. The molecule has 4 heteroatoms. The predicted molar refractivity (Wildman–Crippen MR) is 59.9 cm³/mol. The van der Waals surface area contributed by atoms with Crippen molar-refractivity contribution >= 4 is 23.4 Å². The van der Waals surface area contributed by atoms with Crippen LogP contribution in [0.4, 0.5) is 0 Å². The number of halogens is 1. The lowest BCUT2D eigenvalue weighted by Gasteiger charge is -2.08. The Morgan fingerprint density at radius 3 is 2.40 bits per heavy atom. The molecule has 3 nitrogen and oxygen atoms in total. The maximum Gasteiger partial charge on any atom is 0.303 e. The lowest BCUT2D eigenvalue weighted by atomic mass is 10.1. The molecule has 0 fully saturated rings. The van der Waals surface area contributed by atoms with Gasteiger partial charge in [0.05, 0.1) is 5.88 Å². The maximum absolute atomic E-state index is 10.9. The third kappa shape index (κ3) is 8.18. The molecule has 0 saturated carbocycles. The maximum atomic E-state index is 10.9. The molecule has 0 saturated heterocycles. The molecule has 86 valence electrons. The van der Waals surface area contributed by atoms with Crippen LogP contribution in [0.3, 0.4) is 0 Å². The van der Waals surface area contributed by atoms with Gasteiger partial charge in [-0.15, -0.1) is 11.6 Å². The van der Waals surface area contributed by atoms with Gasteiger partial charge in [-0.25, -0.2) is 0 Å². The van der Waals surface area contributed by atoms with Gasteiger partial charge in [-0.05, 0) is 26.3 Å². The van der Waals surface area contributed by atoms with Crippen LogP contribution in [0.5, 0.6) is 0 Å². The quantitative estimate of drug-likeness (QED) is 0.401. The first-order valence-electron chi connectivity index (χ1n) is 4.88. The van der Waals surface area contributed by atoms with Gasteiger partial charge in [0, 0.05) is 13.3 Å². The lowest BCUT2D eigenvalue weighted by Crippen LogP contribution is -2.10. The van der Waals surface area contributed by atoms with Crippen LogP contribution in [0.1, 0.15) is 33.6 Å². The van der Waals surface area contributed by atoms with Gasteiger partial charge in [-0.3, -0.25) is 9.59 Å². The number of carbonyl (C=O) groups excluding carboxylic acids is 2. The number of hydrogen-bond acceptors (Lipinski definition) is 3. The standard InChI is InChI=1S/C11H17ClO3/c1-8(4-5-11(14)7-12)6-9(2)15-10(3)13/h6,9H,4-5,7H2,1-3H3/b8-6+. The third-order valence-corrected chi connectivity index (χ3v) is 2.12. The number of alkyl halides is 1. The van der Waals surface area contributed by atoms with Crippen LogP contribution >= 0.6 is 11.6 Å². The number of rotatable bonds is 6. The van der Waals surface area contributed by atoms with Crippen LogP contribution in [0.25, 0.3) is 0 Å². The van der Waals surface area contributed by atoms with Gasteiger partial charge >= 0.3 is 5.97 Å². The van der Waals surface area contributed by atoms with E-state index in [2.05, 4.69) is 0 Å². The first-order valence-corrected chi connectivity index (χ1v) is 5.41. The van der Waals surface area contributed by atoms with E-state index in [1.165, 1.54) is 6.92 Å². The number of esters is 1. The Kier molecular flexibility index (Phi) is 7.05. The highest BCUT2D eigenvalue weighted by Crippen LogP contribution is 2.08. The zero-order valence-electron chi connectivity index (χ0n) is 9.38. The average molecular weight is 233 g/mol. The lowest BCUT2D eigenvalue weighted by molar-refractivity contribution is -0.143. The van der Waals surface area contributed by atoms with E-state index < -0.39 is 0 Å². The molecule has 0 aromatic carbocycles. The van der Waals surface area contributed by atoms with Gasteiger partial charge in [-0.2, -0.15) is 0 Å². The second-order valence-corrected chi connectivity index (χ2v) is 3.77. The molecule has 0 heterocycles. The summed E-state index contributed by atoms with van der Waals surface area (Å²) in [6.07, 6.45) is 2.70. The van der Waals surface area contributed by atoms with Crippen LogP contribution in [0.2, 0.25) is 0 Å². The van der Waals surface area contributed by atoms with Crippen LogP contribution < -0.4 is 0 Å². The molecule has 1 unspecified atom stereocenters. The molecule has 0 aromatic rings. The van der Waals surface area contributed by atoms with E-state index in [1.807, 2.05) is 13.0 Å². The van der Waals surface area contributed by atoms with Crippen molar-refractivity contribution in [2.24, 2.45) is 0 Å². The van der Waals surface area contributed by atoms with Crippen molar-refractivity contribution < 1.29 is 14.3 Å². The highest BCUT2D eigenvalue weighted by atomic mass is 35.5. The first kappa shape index (κ1) is 14.2. The Morgan fingerprint density at radius 2 is 1.93 bits per heavy atom. The van der Waals surface area contributed by atoms with Crippen molar-refractivity contribution in [3.63, 3.8) is 0 Å². The molecule has 15 heavy (non-hydrogen) atoms. The fourth-order valence-electron chi connectivity index (χ4n) is 1.18. The van der Waals surface area contributed by atoms with Crippen molar-refractivity contribution in [1.29, 1.82) is 0 Å². The summed E-state index contributed by atoms with van der Waals surface area (Å²) in [6, 6.07) is 0. The zero-order valence-corrected chi connectivity index (χ0v) is 10.1. The number of ketones is 1. The number of hydrogen-bond donors (Lipinski definition) is 0. The zero-order chi connectivity index (χ0) is 11.8. The molecule has 0 N–H and O–H groups in total. The summed E-state index contributed by atoms with van der Waals surface area (Å²) >= 11 is 5.37. The van der Waals surface area contributed by atoms with Crippen molar-refractivity contribution in [3.05, 3.63) is 11.6 Å². The molecule has 1 atom stereocenters. The van der Waals surface area contributed by atoms with Crippen molar-refractivity contribution in [2.75, 3.05) is 5.88 Å². The van der Waals surface area contributed by atoms with E-state index in [4.69, 9.17) is 16.3 Å². The number of ether oxygens (including phenoxy) is 1. The third-order valence-electron chi connectivity index (χ3n) is 1.82. The summed E-state index contributed by atoms with van der Waals surface area (Å²) in [5.41, 5.74) is 1.03. The Hall–Kier alpha value is -0.830. The molecule has 0 aliphatic rings. The van der Waals surface area contributed by atoms with Crippen molar-refractivity contribution in [3.8, 4) is 0 Å². The van der Waals surface area contributed by atoms with Gasteiger partial charge in [-0.1, -0.05) is 5.57 Å². The summed E-state index contributed by atoms with van der Waals surface area (Å²) in [7, 11) is 0. The number of allylic oxidation sites excluding steroid dienone is 1. The topological polar surface area (TPSA) is 43.4 Å². The molecule has 0 amide bonds. The van der Waals surface area contributed by atoms with Crippen LogP contribution in [0, 0.1) is 0 Å². The van der Waals surface area contributed by atoms with Gasteiger partial charge < -0.3 is 4.74 Å². The summed E-state index contributed by atoms with van der Waals surface area (Å²) in [5.74, 6) is -0.208. The van der Waals surface area contributed by atoms with Gasteiger partial charge in [0.15, 0.2) is 0 Å². The highest BCUT2D eigenvalue weighted by molar-refractivity contribution is 6.27. The fraction of sp³-hybridized carbons (Fsp3) is 0.636. The van der Waals surface area contributed by atoms with Crippen LogP contribution in [-0.4, -0.2) is 23.7 Å². The predicted octanol–water partition coefficient (Wildman–Crippen LogP) is 2.47. The van der Waals surface area contributed by atoms with Crippen molar-refractivity contribution in [2.45, 2.75) is 39.7 Å². The second-order valence-electron chi connectivity index (χ2n) is 3.50. The van der Waals surface area contributed by atoms with Crippen LogP contribution in [0.15, 0.2) is 11.6 Å². The molecule has 0 aliphatic heterocycles. The Bertz CT molecular complexity index is 259. The number of Topliss-reactive ketones (excluding diaryl/α,β-unsaturated/α-hetero) is 1. The SMILES string of the molecule is CC(=O)OC(C)/C=C(\C)CCC(=O)CCl. The monoisotopic (exact) mass is 232 g/mol. The van der Waals surface area contributed by atoms with E-state index >= 15 is 0 Å². The van der Waals surface area contributed by atoms with Crippen molar-refractivity contribution in [1.82, 2.24) is 0 Å². The minimum atomic E-state index is -0.302.